The molecule has 1 aromatic rings. The normalized spacial score (nSPS) is 16.2. The van der Waals surface area contributed by atoms with Crippen LogP contribution in [0.4, 0.5) is 5.69 Å². The first-order valence-corrected chi connectivity index (χ1v) is 5.18. The van der Waals surface area contributed by atoms with Crippen LogP contribution in [0.3, 0.4) is 0 Å². The fourth-order valence-corrected chi connectivity index (χ4v) is 1.95. The van der Waals surface area contributed by atoms with Crippen LogP contribution in [0.25, 0.3) is 0 Å². The number of morpholine rings is 1. The second-order valence-corrected chi connectivity index (χ2v) is 4.06. The van der Waals surface area contributed by atoms with Crippen molar-refractivity contribution in [2.24, 2.45) is 0 Å². The summed E-state index contributed by atoms with van der Waals surface area (Å²) in [5.74, 6) is -1.10. The number of aryl methyl sites for hydroxylation is 1. The summed E-state index contributed by atoms with van der Waals surface area (Å²) in [6.45, 7) is 2.02. The van der Waals surface area contributed by atoms with Gasteiger partial charge in [-0.05, 0) is 24.6 Å². The Morgan fingerprint density at radius 1 is 1.25 bits per heavy atom. The number of nitrogens with zero attached hydrogens (tertiary/aromatic N) is 1. The lowest BCUT2D eigenvalue weighted by molar-refractivity contribution is -0.160. The van der Waals surface area contributed by atoms with E-state index in [0.717, 1.165) is 5.56 Å². The maximum absolute atomic E-state index is 11.1. The monoisotopic (exact) mass is 239 g/mol. The van der Waals surface area contributed by atoms with Gasteiger partial charge in [-0.1, -0.05) is 17.7 Å². The second-order valence-electron chi connectivity index (χ2n) is 3.66. The van der Waals surface area contributed by atoms with Crippen molar-refractivity contribution in [2.75, 3.05) is 18.0 Å². The molecule has 1 heterocycles. The van der Waals surface area contributed by atoms with Crippen molar-refractivity contribution < 1.29 is 14.3 Å². The van der Waals surface area contributed by atoms with E-state index in [2.05, 4.69) is 4.74 Å². The van der Waals surface area contributed by atoms with Crippen LogP contribution >= 0.6 is 11.6 Å². The van der Waals surface area contributed by atoms with Crippen LogP contribution < -0.4 is 4.90 Å². The Balaban J connectivity index is 2.29. The van der Waals surface area contributed by atoms with Gasteiger partial charge in [-0.3, -0.25) is 0 Å². The van der Waals surface area contributed by atoms with E-state index < -0.39 is 11.9 Å². The van der Waals surface area contributed by atoms with Gasteiger partial charge in [0.2, 0.25) is 0 Å². The van der Waals surface area contributed by atoms with E-state index in [1.165, 1.54) is 0 Å². The Kier molecular flexibility index (Phi) is 2.83. The van der Waals surface area contributed by atoms with Crippen LogP contribution in [0, 0.1) is 6.92 Å². The Morgan fingerprint density at radius 3 is 2.44 bits per heavy atom. The molecular formula is C11H10ClNO3. The number of carbonyl (C=O) groups is 2. The van der Waals surface area contributed by atoms with Crippen LogP contribution in [0.15, 0.2) is 18.2 Å². The number of ether oxygens (including phenoxy) is 1. The SMILES string of the molecule is Cc1ccc(N2CC(=O)OC(=O)C2)c(Cl)c1. The predicted molar refractivity (Wildman–Crippen MR) is 59.5 cm³/mol. The molecule has 4 nitrogen and oxygen atoms in total. The topological polar surface area (TPSA) is 46.6 Å². The summed E-state index contributed by atoms with van der Waals surface area (Å²) >= 11 is 6.05. The molecule has 0 radical (unpaired) electrons. The van der Waals surface area contributed by atoms with E-state index >= 15 is 0 Å². The summed E-state index contributed by atoms with van der Waals surface area (Å²) in [5, 5.41) is 0.530. The minimum atomic E-state index is -0.548. The number of cyclic esters (lactones) is 2. The molecule has 1 fully saturated rings. The lowest BCUT2D eigenvalue weighted by Crippen LogP contribution is -2.43. The van der Waals surface area contributed by atoms with Crippen LogP contribution in [0.2, 0.25) is 5.02 Å². The van der Waals surface area contributed by atoms with Crippen molar-refractivity contribution in [1.29, 1.82) is 0 Å². The summed E-state index contributed by atoms with van der Waals surface area (Å²) < 4.78 is 4.44. The molecule has 0 N–H and O–H groups in total. The largest absolute Gasteiger partial charge is 0.390 e. The highest BCUT2D eigenvalue weighted by atomic mass is 35.5. The fraction of sp³-hybridized carbons (Fsp3) is 0.273. The van der Waals surface area contributed by atoms with Crippen molar-refractivity contribution in [3.05, 3.63) is 28.8 Å². The van der Waals surface area contributed by atoms with Crippen molar-refractivity contribution in [1.82, 2.24) is 0 Å². The van der Waals surface area contributed by atoms with Gasteiger partial charge in [0.15, 0.2) is 0 Å². The Hall–Kier alpha value is -1.55. The molecule has 16 heavy (non-hydrogen) atoms. The summed E-state index contributed by atoms with van der Waals surface area (Å²) in [7, 11) is 0. The quantitative estimate of drug-likeness (QED) is 0.551. The van der Waals surface area contributed by atoms with Crippen LogP contribution in [0.5, 0.6) is 0 Å². The number of esters is 2. The number of halogens is 1. The Bertz CT molecular complexity index is 443. The van der Waals surface area contributed by atoms with Crippen molar-refractivity contribution in [2.45, 2.75) is 6.92 Å². The highest BCUT2D eigenvalue weighted by molar-refractivity contribution is 6.33. The third-order valence-electron chi connectivity index (χ3n) is 2.31. The molecule has 2 rings (SSSR count). The standard InChI is InChI=1S/C11H10ClNO3/c1-7-2-3-9(8(12)4-7)13-5-10(14)16-11(15)6-13/h2-4H,5-6H2,1H3. The molecule has 0 unspecified atom stereocenters. The van der Waals surface area contributed by atoms with Crippen molar-refractivity contribution >= 4 is 29.2 Å². The summed E-state index contributed by atoms with van der Waals surface area (Å²) in [4.78, 5) is 23.8. The third-order valence-corrected chi connectivity index (χ3v) is 2.61. The van der Waals surface area contributed by atoms with Crippen molar-refractivity contribution in [3.63, 3.8) is 0 Å². The Morgan fingerprint density at radius 2 is 1.88 bits per heavy atom. The molecule has 1 aliphatic heterocycles. The molecule has 0 saturated carbocycles. The van der Waals surface area contributed by atoms with E-state index in [1.54, 1.807) is 17.0 Å². The number of hydrogen-bond acceptors (Lipinski definition) is 4. The van der Waals surface area contributed by atoms with Crippen molar-refractivity contribution in [3.8, 4) is 0 Å². The summed E-state index contributed by atoms with van der Waals surface area (Å²) in [5.41, 5.74) is 1.71. The first-order chi connectivity index (χ1) is 7.56. The van der Waals surface area contributed by atoms with Gasteiger partial charge in [-0.15, -0.1) is 0 Å². The molecule has 0 aromatic heterocycles. The lowest BCUT2D eigenvalue weighted by atomic mass is 10.2. The van der Waals surface area contributed by atoms with Crippen LogP contribution in [0.1, 0.15) is 5.56 Å². The molecule has 0 bridgehead atoms. The zero-order valence-corrected chi connectivity index (χ0v) is 9.45. The number of carbonyl (C=O) groups excluding carboxylic acids is 2. The Labute approximate surface area is 97.7 Å². The first kappa shape index (κ1) is 11.0. The number of benzene rings is 1. The highest BCUT2D eigenvalue weighted by Gasteiger charge is 2.26. The summed E-state index contributed by atoms with van der Waals surface area (Å²) in [6, 6.07) is 5.47. The number of anilines is 1. The van der Waals surface area contributed by atoms with Gasteiger partial charge in [0.25, 0.3) is 0 Å². The van der Waals surface area contributed by atoms with Crippen LogP contribution in [-0.4, -0.2) is 25.0 Å². The second kappa shape index (κ2) is 4.14. The molecule has 1 aromatic carbocycles. The molecule has 0 aliphatic carbocycles. The van der Waals surface area contributed by atoms with Crippen LogP contribution in [-0.2, 0) is 14.3 Å². The number of rotatable bonds is 1. The smallest absolute Gasteiger partial charge is 0.333 e. The molecule has 0 atom stereocenters. The maximum atomic E-state index is 11.1. The van der Waals surface area contributed by atoms with Gasteiger partial charge < -0.3 is 9.64 Å². The van der Waals surface area contributed by atoms with E-state index in [-0.39, 0.29) is 13.1 Å². The zero-order valence-electron chi connectivity index (χ0n) is 8.70. The minimum Gasteiger partial charge on any atom is -0.390 e. The summed E-state index contributed by atoms with van der Waals surface area (Å²) in [6.07, 6.45) is 0. The van der Waals surface area contributed by atoms with Gasteiger partial charge in [0.05, 0.1) is 10.7 Å². The van der Waals surface area contributed by atoms with E-state index in [9.17, 15) is 9.59 Å². The minimum absolute atomic E-state index is 0.0501. The van der Waals surface area contributed by atoms with Gasteiger partial charge in [-0.2, -0.15) is 0 Å². The fourth-order valence-electron chi connectivity index (χ4n) is 1.60. The molecule has 84 valence electrons. The molecule has 5 heteroatoms. The molecule has 0 amide bonds. The predicted octanol–water partition coefficient (Wildman–Crippen LogP) is 1.54. The first-order valence-electron chi connectivity index (χ1n) is 4.81. The average molecular weight is 240 g/mol. The van der Waals surface area contributed by atoms with Gasteiger partial charge in [0, 0.05) is 0 Å². The van der Waals surface area contributed by atoms with Gasteiger partial charge >= 0.3 is 11.9 Å². The molecular weight excluding hydrogens is 230 g/mol. The van der Waals surface area contributed by atoms with Gasteiger partial charge in [0.1, 0.15) is 13.1 Å². The number of hydrogen-bond donors (Lipinski definition) is 0. The highest BCUT2D eigenvalue weighted by Crippen LogP contribution is 2.27. The average Bonchev–Trinajstić information content (AvgIpc) is 2.15. The molecule has 1 aliphatic rings. The van der Waals surface area contributed by atoms with Gasteiger partial charge in [-0.25, -0.2) is 9.59 Å². The zero-order chi connectivity index (χ0) is 11.7. The van der Waals surface area contributed by atoms with E-state index in [0.29, 0.717) is 10.7 Å². The third kappa shape index (κ3) is 2.17. The molecule has 1 saturated heterocycles. The molecule has 0 spiro atoms. The lowest BCUT2D eigenvalue weighted by Gasteiger charge is -2.27. The maximum Gasteiger partial charge on any atom is 0.333 e. The van der Waals surface area contributed by atoms with E-state index in [4.69, 9.17) is 11.6 Å². The van der Waals surface area contributed by atoms with E-state index in [1.807, 2.05) is 13.0 Å².